The summed E-state index contributed by atoms with van der Waals surface area (Å²) in [5, 5.41) is 11.8. The molecule has 96 valence electrons. The van der Waals surface area contributed by atoms with Crippen LogP contribution in [0.15, 0.2) is 0 Å². The van der Waals surface area contributed by atoms with Gasteiger partial charge in [0, 0.05) is 32.7 Å². The first kappa shape index (κ1) is 15.3. The number of carbonyl (C=O) groups excluding carboxylic acids is 1. The summed E-state index contributed by atoms with van der Waals surface area (Å²) >= 11 is 0. The zero-order valence-electron chi connectivity index (χ0n) is 10.5. The number of rotatable bonds is 3. The molecule has 0 aromatic carbocycles. The van der Waals surface area contributed by atoms with Crippen molar-refractivity contribution < 1.29 is 14.6 Å². The highest BCUT2D eigenvalue weighted by Gasteiger charge is 2.07. The van der Waals surface area contributed by atoms with Crippen molar-refractivity contribution in [3.8, 4) is 0 Å². The van der Waals surface area contributed by atoms with Crippen molar-refractivity contribution in [1.29, 1.82) is 0 Å². The minimum absolute atomic E-state index is 0.292. The van der Waals surface area contributed by atoms with Crippen LogP contribution >= 0.6 is 0 Å². The van der Waals surface area contributed by atoms with Crippen molar-refractivity contribution >= 4 is 6.47 Å². The molecule has 0 amide bonds. The minimum Gasteiger partial charge on any atom is -0.462 e. The summed E-state index contributed by atoms with van der Waals surface area (Å²) in [4.78, 5) is 11.9. The van der Waals surface area contributed by atoms with E-state index in [4.69, 9.17) is 5.11 Å². The van der Waals surface area contributed by atoms with Crippen LogP contribution in [0.2, 0.25) is 0 Å². The van der Waals surface area contributed by atoms with E-state index in [1.165, 1.54) is 0 Å². The molecular formula is C11H24N2O3. The average Bonchev–Trinajstić information content (AvgIpc) is 2.19. The van der Waals surface area contributed by atoms with Gasteiger partial charge in [-0.3, -0.25) is 9.69 Å². The van der Waals surface area contributed by atoms with E-state index in [1.54, 1.807) is 0 Å². The van der Waals surface area contributed by atoms with E-state index in [-0.39, 0.29) is 5.60 Å². The number of hydrogen-bond donors (Lipinski definition) is 2. The van der Waals surface area contributed by atoms with Crippen molar-refractivity contribution in [3.63, 3.8) is 0 Å². The molecule has 0 aromatic rings. The van der Waals surface area contributed by atoms with E-state index >= 15 is 0 Å². The highest BCUT2D eigenvalue weighted by atomic mass is 16.5. The third-order valence-corrected chi connectivity index (χ3v) is 2.03. The summed E-state index contributed by atoms with van der Waals surface area (Å²) in [6.45, 7) is 11.4. The van der Waals surface area contributed by atoms with Crippen LogP contribution in [0.5, 0.6) is 0 Å². The van der Waals surface area contributed by atoms with Gasteiger partial charge in [0.2, 0.25) is 0 Å². The van der Waals surface area contributed by atoms with Crippen LogP contribution < -0.4 is 5.32 Å². The molecule has 16 heavy (non-hydrogen) atoms. The maximum atomic E-state index is 9.60. The van der Waals surface area contributed by atoms with Crippen molar-refractivity contribution in [1.82, 2.24) is 10.2 Å². The lowest BCUT2D eigenvalue weighted by molar-refractivity contribution is -0.138. The first-order valence-corrected chi connectivity index (χ1v) is 5.65. The topological polar surface area (TPSA) is 61.8 Å². The van der Waals surface area contributed by atoms with E-state index in [2.05, 4.69) is 15.0 Å². The summed E-state index contributed by atoms with van der Waals surface area (Å²) in [5.74, 6) is 0. The number of hydrogen-bond acceptors (Lipinski definition) is 5. The van der Waals surface area contributed by atoms with Gasteiger partial charge in [0.1, 0.15) is 5.60 Å². The number of β-amino-alcohol motifs (C(OH)–C–C–N with tert-alkyl or cyclic N) is 1. The SMILES string of the molecule is CC(C)(C)OC=O.OCCN1CCNCC1. The summed E-state index contributed by atoms with van der Waals surface area (Å²) in [6, 6.07) is 0. The molecule has 1 saturated heterocycles. The molecule has 0 saturated carbocycles. The Bertz CT molecular complexity index is 172. The molecule has 1 rings (SSSR count). The van der Waals surface area contributed by atoms with E-state index in [0.29, 0.717) is 13.1 Å². The van der Waals surface area contributed by atoms with Gasteiger partial charge in [-0.15, -0.1) is 0 Å². The molecule has 0 atom stereocenters. The summed E-state index contributed by atoms with van der Waals surface area (Å²) < 4.78 is 4.55. The summed E-state index contributed by atoms with van der Waals surface area (Å²) in [7, 11) is 0. The predicted octanol–water partition coefficient (Wildman–Crippen LogP) is -0.158. The Kier molecular flexibility index (Phi) is 8.15. The van der Waals surface area contributed by atoms with Crippen LogP contribution in [-0.4, -0.2) is 61.4 Å². The zero-order chi connectivity index (χ0) is 12.4. The molecule has 0 spiro atoms. The molecule has 0 radical (unpaired) electrons. The van der Waals surface area contributed by atoms with Crippen LogP contribution in [0.3, 0.4) is 0 Å². The molecule has 0 aromatic heterocycles. The van der Waals surface area contributed by atoms with E-state index in [0.717, 1.165) is 32.7 Å². The first-order chi connectivity index (χ1) is 7.49. The van der Waals surface area contributed by atoms with Gasteiger partial charge in [0.15, 0.2) is 0 Å². The van der Waals surface area contributed by atoms with Gasteiger partial charge in [-0.25, -0.2) is 0 Å². The fourth-order valence-electron chi connectivity index (χ4n) is 1.22. The van der Waals surface area contributed by atoms with Gasteiger partial charge in [0.05, 0.1) is 6.61 Å². The third kappa shape index (κ3) is 9.89. The van der Waals surface area contributed by atoms with Crippen LogP contribution in [0.25, 0.3) is 0 Å². The average molecular weight is 232 g/mol. The first-order valence-electron chi connectivity index (χ1n) is 5.65. The largest absolute Gasteiger partial charge is 0.462 e. The quantitative estimate of drug-likeness (QED) is 0.662. The Morgan fingerprint density at radius 1 is 1.38 bits per heavy atom. The number of aliphatic hydroxyl groups is 1. The van der Waals surface area contributed by atoms with Crippen LogP contribution in [-0.2, 0) is 9.53 Å². The molecule has 5 nitrogen and oxygen atoms in total. The number of carbonyl (C=O) groups is 1. The molecule has 2 N–H and O–H groups in total. The van der Waals surface area contributed by atoms with Crippen molar-refractivity contribution in [3.05, 3.63) is 0 Å². The predicted molar refractivity (Wildman–Crippen MR) is 63.3 cm³/mol. The van der Waals surface area contributed by atoms with Crippen molar-refractivity contribution in [2.24, 2.45) is 0 Å². The molecule has 0 unspecified atom stereocenters. The van der Waals surface area contributed by atoms with Crippen molar-refractivity contribution in [2.45, 2.75) is 26.4 Å². The van der Waals surface area contributed by atoms with E-state index < -0.39 is 0 Å². The lowest BCUT2D eigenvalue weighted by atomic mass is 10.2. The van der Waals surface area contributed by atoms with E-state index in [9.17, 15) is 4.79 Å². The second-order valence-corrected chi connectivity index (χ2v) is 4.64. The zero-order valence-corrected chi connectivity index (χ0v) is 10.5. The minimum atomic E-state index is -0.318. The van der Waals surface area contributed by atoms with Crippen LogP contribution in [0.4, 0.5) is 0 Å². The number of aliphatic hydroxyl groups excluding tert-OH is 1. The van der Waals surface area contributed by atoms with Crippen molar-refractivity contribution in [2.75, 3.05) is 39.3 Å². The summed E-state index contributed by atoms with van der Waals surface area (Å²) in [6.07, 6.45) is 0. The molecule has 1 fully saturated rings. The summed E-state index contributed by atoms with van der Waals surface area (Å²) in [5.41, 5.74) is -0.318. The highest BCUT2D eigenvalue weighted by molar-refractivity contribution is 5.37. The number of nitrogens with one attached hydrogen (secondary N) is 1. The molecule has 5 heteroatoms. The number of ether oxygens (including phenoxy) is 1. The van der Waals surface area contributed by atoms with Crippen LogP contribution in [0, 0.1) is 0 Å². The Morgan fingerprint density at radius 2 is 1.94 bits per heavy atom. The number of nitrogens with zero attached hydrogens (tertiary/aromatic N) is 1. The van der Waals surface area contributed by atoms with Crippen LogP contribution in [0.1, 0.15) is 20.8 Å². The maximum absolute atomic E-state index is 9.60. The molecule has 0 bridgehead atoms. The smallest absolute Gasteiger partial charge is 0.293 e. The Balaban J connectivity index is 0.000000293. The normalized spacial score (nSPS) is 17.2. The molecular weight excluding hydrogens is 208 g/mol. The highest BCUT2D eigenvalue weighted by Crippen LogP contribution is 2.02. The molecule has 0 aliphatic carbocycles. The lowest BCUT2D eigenvalue weighted by Crippen LogP contribution is -2.44. The fraction of sp³-hybridized carbons (Fsp3) is 0.909. The molecule has 1 heterocycles. The Hall–Kier alpha value is -0.650. The van der Waals surface area contributed by atoms with Gasteiger partial charge >= 0.3 is 0 Å². The van der Waals surface area contributed by atoms with E-state index in [1.807, 2.05) is 20.8 Å². The van der Waals surface area contributed by atoms with Gasteiger partial charge in [0.25, 0.3) is 6.47 Å². The Morgan fingerprint density at radius 3 is 2.25 bits per heavy atom. The Labute approximate surface area is 97.8 Å². The monoisotopic (exact) mass is 232 g/mol. The van der Waals surface area contributed by atoms with Gasteiger partial charge in [-0.2, -0.15) is 0 Å². The van der Waals surface area contributed by atoms with Gasteiger partial charge in [-0.05, 0) is 20.8 Å². The second-order valence-electron chi connectivity index (χ2n) is 4.64. The molecule has 1 aliphatic rings. The molecule has 1 aliphatic heterocycles. The fourth-order valence-corrected chi connectivity index (χ4v) is 1.22. The second kappa shape index (κ2) is 8.50. The standard InChI is InChI=1S/C6H14N2O.C5H10O2/c9-6-5-8-3-1-7-2-4-8;1-5(2,3)7-4-6/h7,9H,1-6H2;4H,1-3H3. The maximum Gasteiger partial charge on any atom is 0.293 e. The third-order valence-electron chi connectivity index (χ3n) is 2.03. The lowest BCUT2D eigenvalue weighted by Gasteiger charge is -2.25. The van der Waals surface area contributed by atoms with Gasteiger partial charge in [-0.1, -0.05) is 0 Å². The number of piperazine rings is 1. The van der Waals surface area contributed by atoms with Gasteiger partial charge < -0.3 is 15.2 Å².